The summed E-state index contributed by atoms with van der Waals surface area (Å²) in [7, 11) is 1.65. The van der Waals surface area contributed by atoms with E-state index >= 15 is 0 Å². The first kappa shape index (κ1) is 21.9. The number of nitrogens with zero attached hydrogens (tertiary/aromatic N) is 1. The molecule has 170 valence electrons. The molecule has 3 aliphatic rings. The van der Waals surface area contributed by atoms with Crippen LogP contribution in [0.5, 0.6) is 5.75 Å². The van der Waals surface area contributed by atoms with Crippen LogP contribution in [0.1, 0.15) is 34.9 Å². The Kier molecular flexibility index (Phi) is 6.09. The Labute approximate surface area is 199 Å². The van der Waals surface area contributed by atoms with Gasteiger partial charge in [0.15, 0.2) is 6.10 Å². The molecule has 33 heavy (non-hydrogen) atoms. The predicted molar refractivity (Wildman–Crippen MR) is 129 cm³/mol. The SMILES string of the molecule is C=C[C@H]1C[NH+]2CC[C@H]1C[C@@H]2[C@H](OC(=O)c1ccc(Cl)cc1)c1ccnc2ccc(OC)cc12. The molecule has 6 rings (SSSR count). The molecule has 1 N–H and O–H groups in total. The van der Waals surface area contributed by atoms with Gasteiger partial charge in [0.2, 0.25) is 0 Å². The summed E-state index contributed by atoms with van der Waals surface area (Å²) in [6.45, 7) is 6.17. The largest absolute Gasteiger partial charge is 0.497 e. The van der Waals surface area contributed by atoms with Crippen LogP contribution >= 0.6 is 11.6 Å². The number of fused-ring (bicyclic) bond motifs is 4. The molecule has 4 heterocycles. The monoisotopic (exact) mass is 463 g/mol. The summed E-state index contributed by atoms with van der Waals surface area (Å²) in [5.74, 6) is 1.51. The summed E-state index contributed by atoms with van der Waals surface area (Å²) < 4.78 is 11.8. The number of carbonyl (C=O) groups excluding carboxylic acids is 1. The van der Waals surface area contributed by atoms with Crippen LogP contribution in [-0.2, 0) is 4.74 Å². The number of hydrogen-bond acceptors (Lipinski definition) is 4. The van der Waals surface area contributed by atoms with Gasteiger partial charge < -0.3 is 14.4 Å². The van der Waals surface area contributed by atoms with Crippen molar-refractivity contribution in [2.45, 2.75) is 25.0 Å². The van der Waals surface area contributed by atoms with E-state index in [1.807, 2.05) is 24.3 Å². The smallest absolute Gasteiger partial charge is 0.338 e. The number of halogens is 1. The van der Waals surface area contributed by atoms with E-state index in [0.29, 0.717) is 22.4 Å². The van der Waals surface area contributed by atoms with Crippen LogP contribution in [0.25, 0.3) is 10.9 Å². The number of rotatable bonds is 6. The van der Waals surface area contributed by atoms with Gasteiger partial charge in [-0.3, -0.25) is 4.98 Å². The summed E-state index contributed by atoms with van der Waals surface area (Å²) in [5.41, 5.74) is 2.33. The third-order valence-electron chi connectivity index (χ3n) is 7.29. The second kappa shape index (κ2) is 9.16. The van der Waals surface area contributed by atoms with Gasteiger partial charge in [-0.15, -0.1) is 6.58 Å². The second-order valence-corrected chi connectivity index (χ2v) is 9.46. The fraction of sp³-hybridized carbons (Fsp3) is 0.333. The number of ether oxygens (including phenoxy) is 2. The zero-order valence-corrected chi connectivity index (χ0v) is 19.4. The zero-order valence-electron chi connectivity index (χ0n) is 18.7. The van der Waals surface area contributed by atoms with E-state index in [9.17, 15) is 4.79 Å². The molecule has 0 aliphatic carbocycles. The highest BCUT2D eigenvalue weighted by Gasteiger charge is 2.47. The van der Waals surface area contributed by atoms with Crippen molar-refractivity contribution < 1.29 is 19.2 Å². The fourth-order valence-corrected chi connectivity index (χ4v) is 5.67. The second-order valence-electron chi connectivity index (χ2n) is 9.02. The molecule has 3 fully saturated rings. The Morgan fingerprint density at radius 3 is 2.76 bits per heavy atom. The first-order valence-corrected chi connectivity index (χ1v) is 11.8. The molecular weight excluding hydrogens is 436 g/mol. The van der Waals surface area contributed by atoms with Crippen molar-refractivity contribution in [1.82, 2.24) is 4.98 Å². The molecule has 0 spiro atoms. The summed E-state index contributed by atoms with van der Waals surface area (Å²) in [5, 5.41) is 1.54. The molecule has 2 bridgehead atoms. The van der Waals surface area contributed by atoms with Crippen molar-refractivity contribution in [3.8, 4) is 5.75 Å². The Balaban J connectivity index is 1.56. The number of piperidine rings is 3. The first-order chi connectivity index (χ1) is 16.1. The number of hydrogen-bond donors (Lipinski definition) is 1. The van der Waals surface area contributed by atoms with Crippen molar-refractivity contribution >= 4 is 28.5 Å². The molecule has 0 saturated carbocycles. The number of quaternary nitrogens is 1. The van der Waals surface area contributed by atoms with Crippen LogP contribution in [0.4, 0.5) is 0 Å². The minimum Gasteiger partial charge on any atom is -0.497 e. The highest BCUT2D eigenvalue weighted by Crippen LogP contribution is 2.37. The molecule has 0 amide bonds. The molecule has 3 aliphatic heterocycles. The quantitative estimate of drug-likeness (QED) is 0.438. The molecule has 2 aromatic carbocycles. The molecule has 5 nitrogen and oxygen atoms in total. The van der Waals surface area contributed by atoms with Crippen molar-refractivity contribution in [2.24, 2.45) is 11.8 Å². The van der Waals surface area contributed by atoms with Gasteiger partial charge in [0.25, 0.3) is 0 Å². The van der Waals surface area contributed by atoms with Crippen LogP contribution in [0, 0.1) is 11.8 Å². The average molecular weight is 464 g/mol. The third kappa shape index (κ3) is 4.23. The Bertz CT molecular complexity index is 1180. The lowest BCUT2D eigenvalue weighted by molar-refractivity contribution is -0.949. The molecule has 6 heteroatoms. The number of methoxy groups -OCH3 is 1. The summed E-state index contributed by atoms with van der Waals surface area (Å²) in [4.78, 5) is 19.2. The molecule has 0 radical (unpaired) electrons. The lowest BCUT2D eigenvalue weighted by Gasteiger charge is -2.48. The third-order valence-corrected chi connectivity index (χ3v) is 7.54. The Morgan fingerprint density at radius 2 is 2.06 bits per heavy atom. The van der Waals surface area contributed by atoms with E-state index in [-0.39, 0.29) is 12.0 Å². The van der Waals surface area contributed by atoms with E-state index in [0.717, 1.165) is 41.7 Å². The summed E-state index contributed by atoms with van der Waals surface area (Å²) in [6.07, 6.45) is 5.69. The number of benzene rings is 2. The first-order valence-electron chi connectivity index (χ1n) is 11.4. The summed E-state index contributed by atoms with van der Waals surface area (Å²) >= 11 is 6.02. The van der Waals surface area contributed by atoms with E-state index in [1.165, 1.54) is 11.3 Å². The van der Waals surface area contributed by atoms with Crippen molar-refractivity contribution in [2.75, 3.05) is 20.2 Å². The normalized spacial score (nSPS) is 24.9. The average Bonchev–Trinajstić information content (AvgIpc) is 2.87. The van der Waals surface area contributed by atoms with Gasteiger partial charge in [-0.1, -0.05) is 17.7 Å². The van der Waals surface area contributed by atoms with Crippen LogP contribution in [-0.4, -0.2) is 37.2 Å². The lowest BCUT2D eigenvalue weighted by atomic mass is 9.73. The van der Waals surface area contributed by atoms with Gasteiger partial charge in [-0.2, -0.15) is 0 Å². The van der Waals surface area contributed by atoms with Crippen LogP contribution in [0.2, 0.25) is 5.02 Å². The van der Waals surface area contributed by atoms with E-state index in [2.05, 4.69) is 17.6 Å². The molecular formula is C27H28ClN2O3+. The minimum atomic E-state index is -0.394. The van der Waals surface area contributed by atoms with Gasteiger partial charge in [-0.05, 0) is 54.4 Å². The van der Waals surface area contributed by atoms with Gasteiger partial charge >= 0.3 is 5.97 Å². The molecule has 3 saturated heterocycles. The van der Waals surface area contributed by atoms with E-state index in [4.69, 9.17) is 21.1 Å². The molecule has 3 aromatic rings. The lowest BCUT2D eigenvalue weighted by Crippen LogP contribution is -3.20. The number of nitrogens with one attached hydrogen (secondary N) is 1. The van der Waals surface area contributed by atoms with Crippen molar-refractivity contribution in [3.63, 3.8) is 0 Å². The fourth-order valence-electron chi connectivity index (χ4n) is 5.55. The maximum atomic E-state index is 13.2. The highest BCUT2D eigenvalue weighted by atomic mass is 35.5. The van der Waals surface area contributed by atoms with Crippen molar-refractivity contribution in [3.05, 3.63) is 83.5 Å². The summed E-state index contributed by atoms with van der Waals surface area (Å²) in [6, 6.07) is 14.8. The van der Waals surface area contributed by atoms with Gasteiger partial charge in [0.05, 0.1) is 31.3 Å². The number of carbonyl (C=O) groups is 1. The standard InChI is InChI=1S/C27H27ClN2O3/c1-3-17-16-30-13-11-19(17)14-25(30)26(33-27(31)18-4-6-20(28)7-5-18)22-10-12-29-24-9-8-21(32-2)15-23(22)24/h3-10,12,15,17,19,25-26H,1,11,13-14,16H2,2H3/p+1/t17-,19-,25+,26+/m0/s1. The van der Waals surface area contributed by atoms with Crippen molar-refractivity contribution in [1.29, 1.82) is 0 Å². The maximum absolute atomic E-state index is 13.2. The number of pyridine rings is 1. The number of esters is 1. The van der Waals surface area contributed by atoms with E-state index in [1.54, 1.807) is 37.6 Å². The highest BCUT2D eigenvalue weighted by molar-refractivity contribution is 6.30. The Morgan fingerprint density at radius 1 is 1.24 bits per heavy atom. The Hall–Kier alpha value is -2.89. The molecule has 5 atom stereocenters. The zero-order chi connectivity index (χ0) is 22.9. The van der Waals surface area contributed by atoms with Gasteiger partial charge in [0, 0.05) is 40.9 Å². The van der Waals surface area contributed by atoms with Crippen LogP contribution < -0.4 is 9.64 Å². The minimum absolute atomic E-state index is 0.174. The van der Waals surface area contributed by atoms with Crippen LogP contribution in [0.3, 0.4) is 0 Å². The maximum Gasteiger partial charge on any atom is 0.338 e. The topological polar surface area (TPSA) is 52.9 Å². The molecule has 1 unspecified atom stereocenters. The number of aromatic nitrogens is 1. The van der Waals surface area contributed by atoms with Gasteiger partial charge in [0.1, 0.15) is 11.8 Å². The van der Waals surface area contributed by atoms with Crippen LogP contribution in [0.15, 0.2) is 67.4 Å². The van der Waals surface area contributed by atoms with E-state index < -0.39 is 6.10 Å². The van der Waals surface area contributed by atoms with Gasteiger partial charge in [-0.25, -0.2) is 4.79 Å². The predicted octanol–water partition coefficient (Wildman–Crippen LogP) is 4.27. The molecule has 1 aromatic heterocycles.